The Morgan fingerprint density at radius 2 is 1.96 bits per heavy atom. The summed E-state index contributed by atoms with van der Waals surface area (Å²) in [5, 5.41) is 10.9. The Bertz CT molecular complexity index is 816. The van der Waals surface area contributed by atoms with Crippen LogP contribution in [-0.2, 0) is 4.74 Å². The molecule has 7 heteroatoms. The molecule has 2 aromatic rings. The lowest BCUT2D eigenvalue weighted by molar-refractivity contribution is -0.384. The largest absolute Gasteiger partial charge is 0.426 e. The summed E-state index contributed by atoms with van der Waals surface area (Å²) >= 11 is 0. The van der Waals surface area contributed by atoms with Crippen molar-refractivity contribution >= 4 is 17.5 Å². The molecule has 0 amide bonds. The van der Waals surface area contributed by atoms with Gasteiger partial charge in [-0.1, -0.05) is 12.1 Å². The summed E-state index contributed by atoms with van der Waals surface area (Å²) in [6.45, 7) is 0. The van der Waals surface area contributed by atoms with Crippen LogP contribution in [0.5, 0.6) is 0 Å². The highest BCUT2D eigenvalue weighted by atomic mass is 19.1. The molecule has 0 aromatic heterocycles. The summed E-state index contributed by atoms with van der Waals surface area (Å²) in [6.07, 6.45) is 1.68. The van der Waals surface area contributed by atoms with E-state index in [0.717, 1.165) is 0 Å². The molecule has 1 heterocycles. The second-order valence-electron chi connectivity index (χ2n) is 4.90. The van der Waals surface area contributed by atoms with Crippen molar-refractivity contribution in [2.75, 3.05) is 0 Å². The van der Waals surface area contributed by atoms with Gasteiger partial charge in [-0.15, -0.1) is 0 Å². The lowest BCUT2D eigenvalue weighted by atomic mass is 10.0. The molecule has 0 bridgehead atoms. The standard InChI is InChI=1S/C16H12FN3O3/c17-12-6-4-10(5-7-12)15-9-14(19-16(18)23-15)11-2-1-3-13(8-11)20(21)22/h1-9,14H,(H2,18,19). The number of benzene rings is 2. The molecule has 0 saturated heterocycles. The maximum Gasteiger partial charge on any atom is 0.288 e. The maximum absolute atomic E-state index is 13.0. The molecule has 1 atom stereocenters. The molecule has 116 valence electrons. The molecular formula is C16H12FN3O3. The summed E-state index contributed by atoms with van der Waals surface area (Å²) < 4.78 is 18.4. The van der Waals surface area contributed by atoms with Gasteiger partial charge in [0, 0.05) is 17.7 Å². The molecule has 1 aliphatic rings. The number of nitro benzene ring substituents is 1. The van der Waals surface area contributed by atoms with Crippen LogP contribution in [0.4, 0.5) is 10.1 Å². The van der Waals surface area contributed by atoms with Crippen LogP contribution in [0.25, 0.3) is 5.76 Å². The zero-order valence-corrected chi connectivity index (χ0v) is 11.8. The molecule has 0 aliphatic carbocycles. The van der Waals surface area contributed by atoms with Crippen LogP contribution >= 0.6 is 0 Å². The summed E-state index contributed by atoms with van der Waals surface area (Å²) in [5.41, 5.74) is 6.92. The number of aliphatic imine (C=N–C) groups is 1. The average molecular weight is 313 g/mol. The summed E-state index contributed by atoms with van der Waals surface area (Å²) in [4.78, 5) is 14.6. The Hall–Kier alpha value is -3.22. The molecule has 1 unspecified atom stereocenters. The van der Waals surface area contributed by atoms with Crippen molar-refractivity contribution in [1.29, 1.82) is 0 Å². The molecule has 0 spiro atoms. The molecule has 6 nitrogen and oxygen atoms in total. The van der Waals surface area contributed by atoms with E-state index in [4.69, 9.17) is 10.5 Å². The Balaban J connectivity index is 1.98. The predicted octanol–water partition coefficient (Wildman–Crippen LogP) is 3.16. The van der Waals surface area contributed by atoms with Crippen molar-refractivity contribution in [2.24, 2.45) is 10.7 Å². The van der Waals surface area contributed by atoms with Crippen molar-refractivity contribution in [1.82, 2.24) is 0 Å². The molecule has 0 radical (unpaired) electrons. The van der Waals surface area contributed by atoms with Gasteiger partial charge in [-0.25, -0.2) is 9.38 Å². The van der Waals surface area contributed by atoms with Gasteiger partial charge in [0.25, 0.3) is 11.7 Å². The third-order valence-corrected chi connectivity index (χ3v) is 3.34. The summed E-state index contributed by atoms with van der Waals surface area (Å²) in [7, 11) is 0. The normalized spacial score (nSPS) is 17.0. The molecule has 23 heavy (non-hydrogen) atoms. The minimum absolute atomic E-state index is 0.0282. The van der Waals surface area contributed by atoms with Gasteiger partial charge in [-0.3, -0.25) is 10.1 Å². The Morgan fingerprint density at radius 1 is 1.22 bits per heavy atom. The monoisotopic (exact) mass is 313 g/mol. The first-order valence-corrected chi connectivity index (χ1v) is 6.76. The quantitative estimate of drug-likeness (QED) is 0.696. The van der Waals surface area contributed by atoms with Crippen molar-refractivity contribution < 1.29 is 14.1 Å². The van der Waals surface area contributed by atoms with Crippen molar-refractivity contribution in [3.05, 3.63) is 81.7 Å². The van der Waals surface area contributed by atoms with E-state index < -0.39 is 11.0 Å². The number of rotatable bonds is 3. The number of nitrogens with zero attached hydrogens (tertiary/aromatic N) is 2. The third-order valence-electron chi connectivity index (χ3n) is 3.34. The first-order chi connectivity index (χ1) is 11.0. The van der Waals surface area contributed by atoms with Gasteiger partial charge >= 0.3 is 0 Å². The van der Waals surface area contributed by atoms with Gasteiger partial charge < -0.3 is 10.5 Å². The van der Waals surface area contributed by atoms with Gasteiger partial charge in [-0.05, 0) is 35.9 Å². The SMILES string of the molecule is NC1=NC(c2cccc([N+](=O)[O-])c2)C=C(c2ccc(F)cc2)O1. The van der Waals surface area contributed by atoms with Gasteiger partial charge in [0.1, 0.15) is 17.6 Å². The van der Waals surface area contributed by atoms with Crippen LogP contribution in [-0.4, -0.2) is 10.9 Å². The van der Waals surface area contributed by atoms with Gasteiger partial charge in [0.2, 0.25) is 0 Å². The molecule has 2 aromatic carbocycles. The fraction of sp³-hybridized carbons (Fsp3) is 0.0625. The zero-order chi connectivity index (χ0) is 16.4. The maximum atomic E-state index is 13.0. The number of non-ortho nitro benzene ring substituents is 1. The van der Waals surface area contributed by atoms with E-state index in [0.29, 0.717) is 16.9 Å². The van der Waals surface area contributed by atoms with Crippen LogP contribution in [0, 0.1) is 15.9 Å². The minimum Gasteiger partial charge on any atom is -0.426 e. The second-order valence-corrected chi connectivity index (χ2v) is 4.90. The number of hydrogen-bond donors (Lipinski definition) is 1. The average Bonchev–Trinajstić information content (AvgIpc) is 2.55. The zero-order valence-electron chi connectivity index (χ0n) is 11.8. The van der Waals surface area contributed by atoms with Crippen molar-refractivity contribution in [3.8, 4) is 0 Å². The van der Waals surface area contributed by atoms with Crippen molar-refractivity contribution in [3.63, 3.8) is 0 Å². The predicted molar refractivity (Wildman–Crippen MR) is 82.9 cm³/mol. The number of hydrogen-bond acceptors (Lipinski definition) is 5. The van der Waals surface area contributed by atoms with E-state index >= 15 is 0 Å². The Kier molecular flexibility index (Phi) is 3.76. The molecule has 2 N–H and O–H groups in total. The Labute approximate surface area is 130 Å². The minimum atomic E-state index is -0.510. The summed E-state index contributed by atoms with van der Waals surface area (Å²) in [5.74, 6) is 0.0658. The third kappa shape index (κ3) is 3.18. The second kappa shape index (κ2) is 5.88. The highest BCUT2D eigenvalue weighted by molar-refractivity contribution is 5.82. The summed E-state index contributed by atoms with van der Waals surface area (Å²) in [6, 6.07) is 11.3. The molecule has 1 aliphatic heterocycles. The lowest BCUT2D eigenvalue weighted by Crippen LogP contribution is -2.20. The first-order valence-electron chi connectivity index (χ1n) is 6.76. The highest BCUT2D eigenvalue weighted by Gasteiger charge is 2.20. The van der Waals surface area contributed by atoms with Gasteiger partial charge in [-0.2, -0.15) is 0 Å². The van der Waals surface area contributed by atoms with E-state index in [1.54, 1.807) is 30.3 Å². The number of nitro groups is 1. The smallest absolute Gasteiger partial charge is 0.288 e. The highest BCUT2D eigenvalue weighted by Crippen LogP contribution is 2.30. The number of halogens is 1. The van der Waals surface area contributed by atoms with Crippen LogP contribution < -0.4 is 5.73 Å². The molecule has 3 rings (SSSR count). The van der Waals surface area contributed by atoms with E-state index in [1.165, 1.54) is 24.3 Å². The lowest BCUT2D eigenvalue weighted by Gasteiger charge is -2.19. The molecule has 0 fully saturated rings. The topological polar surface area (TPSA) is 90.8 Å². The number of ether oxygens (including phenoxy) is 1. The Morgan fingerprint density at radius 3 is 2.65 bits per heavy atom. The van der Waals surface area contributed by atoms with Gasteiger partial charge in [0.15, 0.2) is 0 Å². The molecule has 0 saturated carbocycles. The van der Waals surface area contributed by atoms with Crippen molar-refractivity contribution in [2.45, 2.75) is 6.04 Å². The van der Waals surface area contributed by atoms with E-state index in [1.807, 2.05) is 0 Å². The number of amidine groups is 1. The van der Waals surface area contributed by atoms with E-state index in [2.05, 4.69) is 4.99 Å². The number of nitrogens with two attached hydrogens (primary N) is 1. The van der Waals surface area contributed by atoms with E-state index in [9.17, 15) is 14.5 Å². The van der Waals surface area contributed by atoms with Gasteiger partial charge in [0.05, 0.1) is 4.92 Å². The first kappa shape index (κ1) is 14.7. The fourth-order valence-corrected chi connectivity index (χ4v) is 2.25. The van der Waals surface area contributed by atoms with E-state index in [-0.39, 0.29) is 17.5 Å². The van der Waals surface area contributed by atoms with Crippen LogP contribution in [0.3, 0.4) is 0 Å². The molecular weight excluding hydrogens is 301 g/mol. The van der Waals surface area contributed by atoms with Crippen LogP contribution in [0.15, 0.2) is 59.6 Å². The van der Waals surface area contributed by atoms with Crippen LogP contribution in [0.2, 0.25) is 0 Å². The fourth-order valence-electron chi connectivity index (χ4n) is 2.25. The van der Waals surface area contributed by atoms with Crippen LogP contribution in [0.1, 0.15) is 17.2 Å².